The third-order valence-corrected chi connectivity index (χ3v) is 3.28. The largest absolute Gasteiger partial charge is 0.384 e. The quantitative estimate of drug-likeness (QED) is 0.800. The number of anilines is 1. The molecule has 0 atom stereocenters. The second-order valence-electron chi connectivity index (χ2n) is 4.57. The molecule has 0 saturated carbocycles. The number of carbonyl (C=O) groups is 1. The van der Waals surface area contributed by atoms with E-state index >= 15 is 0 Å². The Morgan fingerprint density at radius 2 is 1.90 bits per heavy atom. The van der Waals surface area contributed by atoms with Crippen molar-refractivity contribution in [1.29, 1.82) is 0 Å². The highest BCUT2D eigenvalue weighted by atomic mass is 35.5. The zero-order valence-electron chi connectivity index (χ0n) is 11.1. The van der Waals surface area contributed by atoms with Crippen LogP contribution < -0.4 is 11.1 Å². The summed E-state index contributed by atoms with van der Waals surface area (Å²) in [5, 5.41) is 3.74. The number of benzene rings is 2. The Hall–Kier alpha value is -2.00. The number of hydrogen-bond donors (Lipinski definition) is 2. The molecule has 1 amide bonds. The molecule has 0 radical (unpaired) electrons. The van der Waals surface area contributed by atoms with Gasteiger partial charge in [0.2, 0.25) is 0 Å². The predicted octanol–water partition coefficient (Wildman–Crippen LogP) is 3.48. The number of carbonyl (C=O) groups excluding carboxylic acids is 1. The third kappa shape index (κ3) is 4.00. The summed E-state index contributed by atoms with van der Waals surface area (Å²) in [5.41, 5.74) is 7.81. The van der Waals surface area contributed by atoms with E-state index in [1.54, 1.807) is 18.2 Å². The molecule has 3 nitrogen and oxygen atoms in total. The Bertz CT molecular complexity index is 584. The lowest BCUT2D eigenvalue weighted by molar-refractivity contribution is 0.100. The maximum Gasteiger partial charge on any atom is 0.250 e. The fourth-order valence-corrected chi connectivity index (χ4v) is 2.21. The van der Waals surface area contributed by atoms with Gasteiger partial charge in [0.1, 0.15) is 0 Å². The van der Waals surface area contributed by atoms with Crippen LogP contribution in [-0.2, 0) is 6.42 Å². The highest BCUT2D eigenvalue weighted by Crippen LogP contribution is 2.20. The smallest absolute Gasteiger partial charge is 0.250 e. The summed E-state index contributed by atoms with van der Waals surface area (Å²) in [5.74, 6) is -0.474. The molecule has 0 unspecified atom stereocenters. The van der Waals surface area contributed by atoms with Crippen molar-refractivity contribution in [2.24, 2.45) is 5.73 Å². The van der Waals surface area contributed by atoms with Gasteiger partial charge in [-0.3, -0.25) is 4.79 Å². The van der Waals surface area contributed by atoms with Gasteiger partial charge in [0.25, 0.3) is 5.91 Å². The van der Waals surface area contributed by atoms with Gasteiger partial charge in [-0.25, -0.2) is 0 Å². The maximum absolute atomic E-state index is 11.4. The van der Waals surface area contributed by atoms with Crippen molar-refractivity contribution in [3.05, 3.63) is 64.7 Å². The number of aryl methyl sites for hydroxylation is 1. The molecule has 2 aromatic carbocycles. The van der Waals surface area contributed by atoms with Crippen LogP contribution in [0.1, 0.15) is 22.3 Å². The summed E-state index contributed by atoms with van der Waals surface area (Å²) in [6.45, 7) is 0.775. The van der Waals surface area contributed by atoms with Crippen LogP contribution in [0.15, 0.2) is 48.5 Å². The van der Waals surface area contributed by atoms with Gasteiger partial charge in [-0.2, -0.15) is 0 Å². The Morgan fingerprint density at radius 1 is 1.15 bits per heavy atom. The Labute approximate surface area is 123 Å². The third-order valence-electron chi connectivity index (χ3n) is 3.05. The van der Waals surface area contributed by atoms with Crippen molar-refractivity contribution < 1.29 is 4.79 Å². The average molecular weight is 289 g/mol. The lowest BCUT2D eigenvalue weighted by Gasteiger charge is -2.10. The summed E-state index contributed by atoms with van der Waals surface area (Å²) < 4.78 is 0. The predicted molar refractivity (Wildman–Crippen MR) is 83.2 cm³/mol. The van der Waals surface area contributed by atoms with Gasteiger partial charge in [0, 0.05) is 17.3 Å². The van der Waals surface area contributed by atoms with Gasteiger partial charge in [0.15, 0.2) is 0 Å². The van der Waals surface area contributed by atoms with Crippen LogP contribution in [0.5, 0.6) is 0 Å². The average Bonchev–Trinajstić information content (AvgIpc) is 2.45. The number of nitrogens with one attached hydrogen (secondary N) is 1. The van der Waals surface area contributed by atoms with E-state index in [-0.39, 0.29) is 0 Å². The van der Waals surface area contributed by atoms with E-state index in [1.165, 1.54) is 5.56 Å². The van der Waals surface area contributed by atoms with E-state index in [1.807, 2.05) is 18.2 Å². The summed E-state index contributed by atoms with van der Waals surface area (Å²) in [6, 6.07) is 15.4. The van der Waals surface area contributed by atoms with E-state index < -0.39 is 5.91 Å². The number of amides is 1. The monoisotopic (exact) mass is 288 g/mol. The molecule has 0 aliphatic rings. The minimum atomic E-state index is -0.474. The van der Waals surface area contributed by atoms with Gasteiger partial charge in [0.05, 0.1) is 5.56 Å². The zero-order valence-corrected chi connectivity index (χ0v) is 11.9. The second kappa shape index (κ2) is 6.96. The molecular formula is C16H17ClN2O. The first-order chi connectivity index (χ1) is 9.66. The molecule has 3 N–H and O–H groups in total. The van der Waals surface area contributed by atoms with Gasteiger partial charge in [-0.1, -0.05) is 41.9 Å². The lowest BCUT2D eigenvalue weighted by Crippen LogP contribution is -2.15. The number of hydrogen-bond acceptors (Lipinski definition) is 2. The summed E-state index contributed by atoms with van der Waals surface area (Å²) in [7, 11) is 0. The van der Waals surface area contributed by atoms with Crippen molar-refractivity contribution in [3.8, 4) is 0 Å². The molecule has 4 heteroatoms. The molecule has 2 rings (SSSR count). The molecule has 0 heterocycles. The van der Waals surface area contributed by atoms with Crippen LogP contribution in [0, 0.1) is 0 Å². The van der Waals surface area contributed by atoms with Crippen LogP contribution in [0.25, 0.3) is 0 Å². The van der Waals surface area contributed by atoms with E-state index in [0.29, 0.717) is 10.6 Å². The minimum Gasteiger partial charge on any atom is -0.384 e. The lowest BCUT2D eigenvalue weighted by atomic mass is 10.1. The van der Waals surface area contributed by atoms with E-state index in [9.17, 15) is 4.79 Å². The van der Waals surface area contributed by atoms with E-state index in [0.717, 1.165) is 25.1 Å². The van der Waals surface area contributed by atoms with Crippen molar-refractivity contribution in [3.63, 3.8) is 0 Å². The fourth-order valence-electron chi connectivity index (χ4n) is 2.03. The van der Waals surface area contributed by atoms with Crippen LogP contribution in [-0.4, -0.2) is 12.5 Å². The normalized spacial score (nSPS) is 10.2. The molecule has 0 aliphatic heterocycles. The molecule has 0 saturated heterocycles. The first-order valence-electron chi connectivity index (χ1n) is 6.54. The molecule has 0 spiro atoms. The SMILES string of the molecule is NC(=O)c1cc(Cl)ccc1NCCCc1ccccc1. The molecule has 0 aliphatic carbocycles. The van der Waals surface area contributed by atoms with E-state index in [4.69, 9.17) is 17.3 Å². The Morgan fingerprint density at radius 3 is 2.60 bits per heavy atom. The van der Waals surface area contributed by atoms with Crippen molar-refractivity contribution >= 4 is 23.2 Å². The molecular weight excluding hydrogens is 272 g/mol. The number of nitrogens with two attached hydrogens (primary N) is 1. The first kappa shape index (κ1) is 14.4. The highest BCUT2D eigenvalue weighted by molar-refractivity contribution is 6.31. The fraction of sp³-hybridized carbons (Fsp3) is 0.188. The summed E-state index contributed by atoms with van der Waals surface area (Å²) in [6.07, 6.45) is 1.97. The molecule has 104 valence electrons. The molecule has 0 bridgehead atoms. The molecule has 0 fully saturated rings. The van der Waals surface area contributed by atoms with Gasteiger partial charge < -0.3 is 11.1 Å². The maximum atomic E-state index is 11.4. The van der Waals surface area contributed by atoms with Gasteiger partial charge in [-0.15, -0.1) is 0 Å². The van der Waals surface area contributed by atoms with Crippen LogP contribution >= 0.6 is 11.6 Å². The van der Waals surface area contributed by atoms with Crippen molar-refractivity contribution in [2.75, 3.05) is 11.9 Å². The standard InChI is InChI=1S/C16H17ClN2O/c17-13-8-9-15(14(11-13)16(18)20)19-10-4-7-12-5-2-1-3-6-12/h1-3,5-6,8-9,11,19H,4,7,10H2,(H2,18,20). The van der Waals surface area contributed by atoms with Gasteiger partial charge >= 0.3 is 0 Å². The number of rotatable bonds is 6. The van der Waals surface area contributed by atoms with Crippen LogP contribution in [0.3, 0.4) is 0 Å². The first-order valence-corrected chi connectivity index (χ1v) is 6.92. The molecule has 2 aromatic rings. The zero-order chi connectivity index (χ0) is 14.4. The van der Waals surface area contributed by atoms with Crippen LogP contribution in [0.2, 0.25) is 5.02 Å². The molecule has 0 aromatic heterocycles. The minimum absolute atomic E-state index is 0.428. The van der Waals surface area contributed by atoms with Crippen molar-refractivity contribution in [2.45, 2.75) is 12.8 Å². The van der Waals surface area contributed by atoms with E-state index in [2.05, 4.69) is 17.4 Å². The number of primary amides is 1. The Kier molecular flexibility index (Phi) is 5.02. The second-order valence-corrected chi connectivity index (χ2v) is 5.01. The summed E-state index contributed by atoms with van der Waals surface area (Å²) in [4.78, 5) is 11.4. The topological polar surface area (TPSA) is 55.1 Å². The van der Waals surface area contributed by atoms with Crippen molar-refractivity contribution in [1.82, 2.24) is 0 Å². The number of halogens is 1. The molecule has 20 heavy (non-hydrogen) atoms. The van der Waals surface area contributed by atoms with Gasteiger partial charge in [-0.05, 0) is 36.6 Å². The highest BCUT2D eigenvalue weighted by Gasteiger charge is 2.08. The van der Waals surface area contributed by atoms with Crippen LogP contribution in [0.4, 0.5) is 5.69 Å². The summed E-state index contributed by atoms with van der Waals surface area (Å²) >= 11 is 5.87. The Balaban J connectivity index is 1.90.